The first-order valence-corrected chi connectivity index (χ1v) is 14.0. The number of rotatable bonds is 11. The minimum atomic E-state index is -4.89. The Bertz CT molecular complexity index is 1620. The number of benzene rings is 3. The van der Waals surface area contributed by atoms with Gasteiger partial charge in [0, 0.05) is 48.2 Å². The molecule has 0 saturated carbocycles. The van der Waals surface area contributed by atoms with E-state index in [4.69, 9.17) is 9.47 Å². The second-order valence-corrected chi connectivity index (χ2v) is 11.1. The highest BCUT2D eigenvalue weighted by Crippen LogP contribution is 2.46. The van der Waals surface area contributed by atoms with Gasteiger partial charge in [-0.3, -0.25) is 4.79 Å². The minimum Gasteiger partial charge on any atom is -0.493 e. The van der Waals surface area contributed by atoms with Crippen LogP contribution >= 0.6 is 0 Å². The number of ether oxygens (including phenoxy) is 2. The number of nitrogens with zero attached hydrogens (tertiary/aromatic N) is 1. The van der Waals surface area contributed by atoms with Gasteiger partial charge in [-0.1, -0.05) is 62.4 Å². The Morgan fingerprint density at radius 1 is 0.977 bits per heavy atom. The van der Waals surface area contributed by atoms with Gasteiger partial charge in [0.2, 0.25) is 11.8 Å². The summed E-state index contributed by atoms with van der Waals surface area (Å²) in [6.07, 6.45) is -3.56. The third-order valence-corrected chi connectivity index (χ3v) is 6.90. The van der Waals surface area contributed by atoms with Crippen LogP contribution in [0.2, 0.25) is 0 Å². The first kappa shape index (κ1) is 32.5. The molecule has 0 aliphatic carbocycles. The van der Waals surface area contributed by atoms with Crippen molar-refractivity contribution in [1.29, 1.82) is 0 Å². The quantitative estimate of drug-likeness (QED) is 0.168. The standard InChI is InChI=1S/C34H34F4N2O4/c1-5-43-29-16-30(44-19-22-9-7-6-8-10-22)39-18-26(29)23-11-13-25(27(35)15-23)31-28(40-21(2)42)14-12-24(17-33(3,4)20-41)32(31)34(36,37)38/h6-16,18,41H,5,17,19-20H2,1-4H3,(H,40,42). The molecule has 0 unspecified atom stereocenters. The number of hydrogen-bond acceptors (Lipinski definition) is 5. The Morgan fingerprint density at radius 3 is 2.32 bits per heavy atom. The van der Waals surface area contributed by atoms with Gasteiger partial charge in [-0.2, -0.15) is 13.2 Å². The summed E-state index contributed by atoms with van der Waals surface area (Å²) in [5.41, 5.74) is -1.42. The number of halogens is 4. The summed E-state index contributed by atoms with van der Waals surface area (Å²) in [4.78, 5) is 16.3. The largest absolute Gasteiger partial charge is 0.493 e. The van der Waals surface area contributed by atoms with Crippen LogP contribution in [0.1, 0.15) is 44.4 Å². The molecule has 0 bridgehead atoms. The smallest absolute Gasteiger partial charge is 0.417 e. The predicted molar refractivity (Wildman–Crippen MR) is 161 cm³/mol. The molecule has 6 nitrogen and oxygen atoms in total. The molecule has 0 fully saturated rings. The zero-order valence-electron chi connectivity index (χ0n) is 24.9. The summed E-state index contributed by atoms with van der Waals surface area (Å²) in [5, 5.41) is 12.1. The molecule has 232 valence electrons. The first-order valence-electron chi connectivity index (χ1n) is 14.0. The van der Waals surface area contributed by atoms with Gasteiger partial charge in [0.25, 0.3) is 0 Å². The van der Waals surface area contributed by atoms with Crippen LogP contribution < -0.4 is 14.8 Å². The van der Waals surface area contributed by atoms with E-state index in [0.717, 1.165) is 18.6 Å². The van der Waals surface area contributed by atoms with Gasteiger partial charge in [0.05, 0.1) is 12.2 Å². The molecule has 44 heavy (non-hydrogen) atoms. The van der Waals surface area contributed by atoms with Crippen LogP contribution in [0, 0.1) is 11.2 Å². The van der Waals surface area contributed by atoms with Gasteiger partial charge in [-0.15, -0.1) is 0 Å². The average Bonchev–Trinajstić information content (AvgIpc) is 2.96. The third-order valence-electron chi connectivity index (χ3n) is 6.90. The van der Waals surface area contributed by atoms with Crippen LogP contribution in [0.15, 0.2) is 72.9 Å². The highest BCUT2D eigenvalue weighted by molar-refractivity contribution is 5.96. The van der Waals surface area contributed by atoms with Crippen LogP contribution in [-0.2, 0) is 24.0 Å². The van der Waals surface area contributed by atoms with Crippen molar-refractivity contribution in [2.45, 2.75) is 46.9 Å². The lowest BCUT2D eigenvalue weighted by molar-refractivity contribution is -0.137. The second kappa shape index (κ2) is 13.5. The molecule has 1 amide bonds. The molecule has 0 radical (unpaired) electrons. The van der Waals surface area contributed by atoms with Gasteiger partial charge in [0.15, 0.2) is 0 Å². The highest BCUT2D eigenvalue weighted by atomic mass is 19.4. The molecule has 0 aliphatic heterocycles. The van der Waals surface area contributed by atoms with E-state index in [1.807, 2.05) is 30.3 Å². The summed E-state index contributed by atoms with van der Waals surface area (Å²) in [6, 6.07) is 17.5. The van der Waals surface area contributed by atoms with Crippen LogP contribution in [0.5, 0.6) is 11.6 Å². The van der Waals surface area contributed by atoms with Crippen molar-refractivity contribution in [3.05, 3.63) is 95.4 Å². The molecular formula is C34H34F4N2O4. The van der Waals surface area contributed by atoms with Crippen LogP contribution in [0.25, 0.3) is 22.3 Å². The summed E-state index contributed by atoms with van der Waals surface area (Å²) < 4.78 is 71.6. The number of nitrogens with one attached hydrogen (secondary N) is 1. The van der Waals surface area contributed by atoms with E-state index in [1.165, 1.54) is 30.5 Å². The van der Waals surface area contributed by atoms with E-state index in [9.17, 15) is 23.1 Å². The van der Waals surface area contributed by atoms with Gasteiger partial charge in [0.1, 0.15) is 18.2 Å². The Hall–Kier alpha value is -4.44. The van der Waals surface area contributed by atoms with Crippen molar-refractivity contribution in [2.75, 3.05) is 18.5 Å². The first-order chi connectivity index (χ1) is 20.8. The number of alkyl halides is 3. The predicted octanol–water partition coefficient (Wildman–Crippen LogP) is 8.07. The number of hydrogen-bond donors (Lipinski definition) is 2. The van der Waals surface area contributed by atoms with Crippen molar-refractivity contribution in [3.63, 3.8) is 0 Å². The van der Waals surface area contributed by atoms with Crippen LogP contribution in [0.4, 0.5) is 23.2 Å². The van der Waals surface area contributed by atoms with E-state index < -0.39 is 34.4 Å². The average molecular weight is 611 g/mol. The normalized spacial score (nSPS) is 11.8. The minimum absolute atomic E-state index is 0.127. The van der Waals surface area contributed by atoms with E-state index in [-0.39, 0.29) is 42.3 Å². The molecular weight excluding hydrogens is 576 g/mol. The van der Waals surface area contributed by atoms with Gasteiger partial charge < -0.3 is 19.9 Å². The maximum absolute atomic E-state index is 15.9. The molecule has 0 aliphatic rings. The van der Waals surface area contributed by atoms with Crippen molar-refractivity contribution in [3.8, 4) is 33.9 Å². The lowest BCUT2D eigenvalue weighted by Crippen LogP contribution is -2.23. The van der Waals surface area contributed by atoms with Crippen molar-refractivity contribution < 1.29 is 36.9 Å². The highest BCUT2D eigenvalue weighted by Gasteiger charge is 2.39. The molecule has 3 aromatic carbocycles. The van der Waals surface area contributed by atoms with E-state index in [2.05, 4.69) is 10.3 Å². The fourth-order valence-corrected chi connectivity index (χ4v) is 4.87. The van der Waals surface area contributed by atoms with Crippen LogP contribution in [0.3, 0.4) is 0 Å². The monoisotopic (exact) mass is 610 g/mol. The summed E-state index contributed by atoms with van der Waals surface area (Å²) in [7, 11) is 0. The zero-order chi connectivity index (χ0) is 32.1. The number of carbonyl (C=O) groups is 1. The number of pyridine rings is 1. The van der Waals surface area contributed by atoms with Crippen molar-refractivity contribution >= 4 is 11.6 Å². The maximum Gasteiger partial charge on any atom is 0.417 e. The molecule has 4 rings (SSSR count). The SMILES string of the molecule is CCOc1cc(OCc2ccccc2)ncc1-c1ccc(-c2c(NC(C)=O)ccc(CC(C)(C)CO)c2C(F)(F)F)c(F)c1. The summed E-state index contributed by atoms with van der Waals surface area (Å²) >= 11 is 0. The molecule has 0 saturated heterocycles. The fraction of sp³-hybridized carbons (Fsp3) is 0.294. The molecule has 1 aromatic heterocycles. The molecule has 1 heterocycles. The van der Waals surface area contributed by atoms with Gasteiger partial charge in [-0.25, -0.2) is 9.37 Å². The van der Waals surface area contributed by atoms with Crippen molar-refractivity contribution in [2.24, 2.45) is 5.41 Å². The lowest BCUT2D eigenvalue weighted by atomic mass is 9.82. The Labute approximate surface area is 253 Å². The fourth-order valence-electron chi connectivity index (χ4n) is 4.87. The number of anilines is 1. The molecule has 0 spiro atoms. The van der Waals surface area contributed by atoms with E-state index in [0.29, 0.717) is 23.5 Å². The molecule has 4 aromatic rings. The molecule has 0 atom stereocenters. The van der Waals surface area contributed by atoms with Gasteiger partial charge in [-0.05, 0) is 47.6 Å². The van der Waals surface area contributed by atoms with E-state index >= 15 is 4.39 Å². The van der Waals surface area contributed by atoms with Crippen molar-refractivity contribution in [1.82, 2.24) is 4.98 Å². The molecule has 2 N–H and O–H groups in total. The third kappa shape index (κ3) is 7.74. The van der Waals surface area contributed by atoms with Gasteiger partial charge >= 0.3 is 6.18 Å². The second-order valence-electron chi connectivity index (χ2n) is 11.1. The molecule has 10 heteroatoms. The number of aliphatic hydroxyl groups is 1. The summed E-state index contributed by atoms with van der Waals surface area (Å²) in [6.45, 7) is 6.41. The Balaban J connectivity index is 1.80. The Kier molecular flexibility index (Phi) is 9.94. The number of aliphatic hydroxyl groups excluding tert-OH is 1. The lowest BCUT2D eigenvalue weighted by Gasteiger charge is -2.27. The number of aromatic nitrogens is 1. The maximum atomic E-state index is 15.9. The number of carbonyl (C=O) groups excluding carboxylic acids is 1. The topological polar surface area (TPSA) is 80.7 Å². The number of amides is 1. The summed E-state index contributed by atoms with van der Waals surface area (Å²) in [5.74, 6) is -0.900. The van der Waals surface area contributed by atoms with E-state index in [1.54, 1.807) is 26.8 Å². The Morgan fingerprint density at radius 2 is 1.70 bits per heavy atom. The zero-order valence-corrected chi connectivity index (χ0v) is 24.9. The van der Waals surface area contributed by atoms with Crippen LogP contribution in [-0.4, -0.2) is 29.2 Å².